The first-order valence-electron chi connectivity index (χ1n) is 12.0. The van der Waals surface area contributed by atoms with Crippen LogP contribution in [0.2, 0.25) is 0 Å². The first-order valence-corrected chi connectivity index (χ1v) is 12.0. The summed E-state index contributed by atoms with van der Waals surface area (Å²) in [5, 5.41) is 6.23. The van der Waals surface area contributed by atoms with Crippen molar-refractivity contribution in [2.45, 2.75) is 0 Å². The number of aryl methyl sites for hydroxylation is 1. The maximum atomic E-state index is 13.2. The van der Waals surface area contributed by atoms with E-state index in [1.54, 1.807) is 40.8 Å². The van der Waals surface area contributed by atoms with E-state index in [4.69, 9.17) is 4.74 Å². The van der Waals surface area contributed by atoms with Gasteiger partial charge in [0, 0.05) is 45.0 Å². The van der Waals surface area contributed by atoms with Gasteiger partial charge in [-0.05, 0) is 37.9 Å². The molecule has 0 bridgehead atoms. The summed E-state index contributed by atoms with van der Waals surface area (Å²) in [7, 11) is 8.74. The first-order chi connectivity index (χ1) is 18.2. The number of likely N-dealkylation sites (N-methyl/N-ethyl adjacent to an activating group) is 2. The number of benzene rings is 2. The Bertz CT molecular complexity index is 1390. The van der Waals surface area contributed by atoms with Gasteiger partial charge >= 0.3 is 6.16 Å². The fraction of sp³-hybridized carbons (Fsp3) is 0.250. The lowest BCUT2D eigenvalue weighted by molar-refractivity contribution is -0.110. The molecule has 4 rings (SSSR count). The number of carbonyl (C=O) groups excluding carboxylic acids is 3. The molecule has 1 aromatic heterocycles. The number of anilines is 2. The smallest absolute Gasteiger partial charge is 0.437 e. The van der Waals surface area contributed by atoms with Gasteiger partial charge in [-0.15, -0.1) is 0 Å². The molecule has 2 aromatic carbocycles. The lowest BCUT2D eigenvalue weighted by atomic mass is 10.00. The standard InChI is InChI=1S/C28H31N5O5/c1-31(2)13-14-32(3)27(35)23-15-19(17-33(23)4)29-25(18-9-7-6-8-10-18)24-21-12-11-20(38-28(36)37-5)16-22(21)30-26(24)34/h6-12,15-17,29H,13-14H2,1-5H3,(H,30,34)/b25-24-. The van der Waals surface area contributed by atoms with E-state index in [9.17, 15) is 14.4 Å². The molecule has 0 saturated carbocycles. The van der Waals surface area contributed by atoms with Gasteiger partial charge in [0.25, 0.3) is 11.8 Å². The SMILES string of the molecule is COC(=O)Oc1ccc2c(c1)NC(=O)/C2=C(\Nc1cc(C(=O)N(C)CCN(C)C)n(C)c1)c1ccccc1. The van der Waals surface area contributed by atoms with Crippen molar-refractivity contribution in [3.63, 3.8) is 0 Å². The van der Waals surface area contributed by atoms with E-state index in [-0.39, 0.29) is 17.6 Å². The van der Waals surface area contributed by atoms with Crippen molar-refractivity contribution in [3.8, 4) is 5.75 Å². The zero-order valence-corrected chi connectivity index (χ0v) is 22.1. The van der Waals surface area contributed by atoms with Gasteiger partial charge in [-0.1, -0.05) is 30.3 Å². The molecule has 1 aliphatic rings. The molecule has 0 atom stereocenters. The molecule has 38 heavy (non-hydrogen) atoms. The van der Waals surface area contributed by atoms with Crippen LogP contribution in [0, 0.1) is 0 Å². The number of amides is 2. The van der Waals surface area contributed by atoms with Crippen molar-refractivity contribution in [2.75, 3.05) is 52.0 Å². The number of aromatic nitrogens is 1. The third-order valence-corrected chi connectivity index (χ3v) is 6.14. The predicted octanol–water partition coefficient (Wildman–Crippen LogP) is 3.74. The second-order valence-corrected chi connectivity index (χ2v) is 9.21. The van der Waals surface area contributed by atoms with E-state index >= 15 is 0 Å². The molecule has 2 heterocycles. The molecule has 3 aromatic rings. The lowest BCUT2D eigenvalue weighted by Crippen LogP contribution is -2.34. The van der Waals surface area contributed by atoms with Gasteiger partial charge in [0.15, 0.2) is 0 Å². The minimum atomic E-state index is -0.849. The van der Waals surface area contributed by atoms with E-state index in [1.807, 2.05) is 62.6 Å². The van der Waals surface area contributed by atoms with Crippen molar-refractivity contribution in [1.29, 1.82) is 0 Å². The van der Waals surface area contributed by atoms with Gasteiger partial charge in [0.2, 0.25) is 0 Å². The molecule has 2 N–H and O–H groups in total. The third-order valence-electron chi connectivity index (χ3n) is 6.14. The van der Waals surface area contributed by atoms with E-state index in [0.29, 0.717) is 40.4 Å². The molecule has 0 spiro atoms. The highest BCUT2D eigenvalue weighted by molar-refractivity contribution is 6.37. The van der Waals surface area contributed by atoms with Crippen molar-refractivity contribution in [2.24, 2.45) is 7.05 Å². The number of carbonyl (C=O) groups is 3. The Morgan fingerprint density at radius 3 is 2.45 bits per heavy atom. The number of hydrogen-bond donors (Lipinski definition) is 2. The van der Waals surface area contributed by atoms with Crippen LogP contribution in [0.15, 0.2) is 60.8 Å². The Labute approximate surface area is 221 Å². The Kier molecular flexibility index (Phi) is 7.82. The molecule has 0 saturated heterocycles. The maximum absolute atomic E-state index is 13.2. The van der Waals surface area contributed by atoms with Crippen molar-refractivity contribution in [3.05, 3.63) is 77.6 Å². The number of ether oxygens (including phenoxy) is 2. The van der Waals surface area contributed by atoms with E-state index in [1.165, 1.54) is 7.11 Å². The van der Waals surface area contributed by atoms with Crippen molar-refractivity contribution in [1.82, 2.24) is 14.4 Å². The largest absolute Gasteiger partial charge is 0.513 e. The summed E-state index contributed by atoms with van der Waals surface area (Å²) >= 11 is 0. The highest BCUT2D eigenvalue weighted by Crippen LogP contribution is 2.39. The summed E-state index contributed by atoms with van der Waals surface area (Å²) in [4.78, 5) is 41.5. The van der Waals surface area contributed by atoms with Crippen LogP contribution in [-0.4, -0.2) is 73.7 Å². The summed E-state index contributed by atoms with van der Waals surface area (Å²) < 4.78 is 11.4. The quantitative estimate of drug-likeness (QED) is 0.266. The van der Waals surface area contributed by atoms with Crippen LogP contribution in [-0.2, 0) is 16.6 Å². The minimum Gasteiger partial charge on any atom is -0.437 e. The molecule has 10 nitrogen and oxygen atoms in total. The Balaban J connectivity index is 1.71. The van der Waals surface area contributed by atoms with Crippen LogP contribution in [0.5, 0.6) is 5.75 Å². The van der Waals surface area contributed by atoms with Crippen LogP contribution >= 0.6 is 0 Å². The van der Waals surface area contributed by atoms with Crippen LogP contribution in [0.1, 0.15) is 21.6 Å². The Morgan fingerprint density at radius 1 is 1.03 bits per heavy atom. The fourth-order valence-corrected chi connectivity index (χ4v) is 4.12. The average Bonchev–Trinajstić information content (AvgIpc) is 3.43. The molecule has 0 unspecified atom stereocenters. The van der Waals surface area contributed by atoms with Crippen molar-refractivity contribution >= 4 is 40.6 Å². The van der Waals surface area contributed by atoms with Gasteiger partial charge < -0.3 is 34.5 Å². The maximum Gasteiger partial charge on any atom is 0.513 e. The summed E-state index contributed by atoms with van der Waals surface area (Å²) in [6, 6.07) is 16.1. The van der Waals surface area contributed by atoms with Crippen molar-refractivity contribution < 1.29 is 23.9 Å². The Hall–Kier alpha value is -4.57. The molecular formula is C28H31N5O5. The lowest BCUT2D eigenvalue weighted by Gasteiger charge is -2.19. The number of rotatable bonds is 8. The van der Waals surface area contributed by atoms with Crippen LogP contribution in [0.4, 0.5) is 16.2 Å². The predicted molar refractivity (Wildman–Crippen MR) is 146 cm³/mol. The first kappa shape index (κ1) is 26.5. The molecule has 198 valence electrons. The minimum absolute atomic E-state index is 0.0987. The van der Waals surface area contributed by atoms with Crippen LogP contribution in [0.25, 0.3) is 11.3 Å². The summed E-state index contributed by atoms with van der Waals surface area (Å²) in [5.41, 5.74) is 4.13. The van der Waals surface area contributed by atoms with Gasteiger partial charge in [-0.3, -0.25) is 9.59 Å². The molecule has 0 radical (unpaired) electrons. The summed E-state index contributed by atoms with van der Waals surface area (Å²) in [6.45, 7) is 1.35. The zero-order valence-electron chi connectivity index (χ0n) is 22.1. The van der Waals surface area contributed by atoms with Crippen LogP contribution < -0.4 is 15.4 Å². The molecular weight excluding hydrogens is 486 g/mol. The number of fused-ring (bicyclic) bond motifs is 1. The van der Waals surface area contributed by atoms with E-state index < -0.39 is 6.16 Å². The average molecular weight is 518 g/mol. The number of methoxy groups -OCH3 is 1. The zero-order chi connectivity index (χ0) is 27.4. The topological polar surface area (TPSA) is 105 Å². The number of nitrogens with zero attached hydrogens (tertiary/aromatic N) is 3. The fourth-order valence-electron chi connectivity index (χ4n) is 4.12. The second kappa shape index (κ2) is 11.2. The normalized spacial score (nSPS) is 13.6. The van der Waals surface area contributed by atoms with Gasteiger partial charge in [-0.2, -0.15) is 0 Å². The molecule has 1 aliphatic heterocycles. The highest BCUT2D eigenvalue weighted by atomic mass is 16.7. The summed E-state index contributed by atoms with van der Waals surface area (Å²) in [5.74, 6) is -0.161. The summed E-state index contributed by atoms with van der Waals surface area (Å²) in [6.07, 6.45) is 0.968. The number of nitrogens with one attached hydrogen (secondary N) is 2. The van der Waals surface area contributed by atoms with Crippen LogP contribution in [0.3, 0.4) is 0 Å². The molecule has 0 fully saturated rings. The molecule has 10 heteroatoms. The monoisotopic (exact) mass is 517 g/mol. The number of hydrogen-bond acceptors (Lipinski definition) is 7. The molecule has 2 amide bonds. The second-order valence-electron chi connectivity index (χ2n) is 9.21. The Morgan fingerprint density at radius 2 is 1.76 bits per heavy atom. The van der Waals surface area contributed by atoms with Gasteiger partial charge in [0.05, 0.1) is 29.8 Å². The van der Waals surface area contributed by atoms with E-state index in [0.717, 1.165) is 12.1 Å². The van der Waals surface area contributed by atoms with E-state index in [2.05, 4.69) is 15.4 Å². The molecule has 0 aliphatic carbocycles. The highest BCUT2D eigenvalue weighted by Gasteiger charge is 2.29. The third kappa shape index (κ3) is 5.70. The van der Waals surface area contributed by atoms with Gasteiger partial charge in [-0.25, -0.2) is 4.79 Å². The van der Waals surface area contributed by atoms with Gasteiger partial charge in [0.1, 0.15) is 11.4 Å².